The molecular formula is C27H28N6O6S. The molecule has 0 radical (unpaired) electrons. The van der Waals surface area contributed by atoms with Crippen LogP contribution in [0.25, 0.3) is 16.9 Å². The zero-order valence-corrected chi connectivity index (χ0v) is 23.1. The van der Waals surface area contributed by atoms with E-state index in [0.29, 0.717) is 11.4 Å². The zero-order valence-electron chi connectivity index (χ0n) is 22.3. The summed E-state index contributed by atoms with van der Waals surface area (Å²) in [6.45, 7) is 4.74. The van der Waals surface area contributed by atoms with Crippen LogP contribution in [-0.2, 0) is 16.6 Å². The second kappa shape index (κ2) is 10.9. The number of carbonyl (C=O) groups is 2. The average molecular weight is 565 g/mol. The highest BCUT2D eigenvalue weighted by Crippen LogP contribution is 2.26. The van der Waals surface area contributed by atoms with Crippen LogP contribution in [0.3, 0.4) is 0 Å². The summed E-state index contributed by atoms with van der Waals surface area (Å²) in [4.78, 5) is 42.3. The number of nitrogens with two attached hydrogens (primary N) is 1. The van der Waals surface area contributed by atoms with Gasteiger partial charge in [-0.2, -0.15) is 5.10 Å². The fourth-order valence-corrected chi connectivity index (χ4v) is 5.55. The van der Waals surface area contributed by atoms with Crippen molar-refractivity contribution in [3.8, 4) is 22.7 Å². The van der Waals surface area contributed by atoms with Crippen LogP contribution in [0.2, 0.25) is 0 Å². The van der Waals surface area contributed by atoms with E-state index in [1.165, 1.54) is 30.3 Å². The molecule has 3 N–H and O–H groups in total. The summed E-state index contributed by atoms with van der Waals surface area (Å²) in [6.07, 6.45) is 1.17. The first-order valence-electron chi connectivity index (χ1n) is 12.1. The Kier molecular flexibility index (Phi) is 7.71. The van der Waals surface area contributed by atoms with Crippen molar-refractivity contribution in [1.82, 2.24) is 24.1 Å². The third kappa shape index (κ3) is 6.16. The molecule has 0 saturated carbocycles. The molecule has 0 bridgehead atoms. The van der Waals surface area contributed by atoms with E-state index in [0.717, 1.165) is 10.6 Å². The van der Waals surface area contributed by atoms with Gasteiger partial charge in [0.2, 0.25) is 15.8 Å². The highest BCUT2D eigenvalue weighted by atomic mass is 32.2. The first kappa shape index (κ1) is 28.4. The summed E-state index contributed by atoms with van der Waals surface area (Å²) in [5.41, 5.74) is 4.81. The van der Waals surface area contributed by atoms with Gasteiger partial charge in [0, 0.05) is 23.2 Å². The maximum absolute atomic E-state index is 13.3. The van der Waals surface area contributed by atoms with E-state index in [-0.39, 0.29) is 27.5 Å². The largest absolute Gasteiger partial charge is 0.497 e. The van der Waals surface area contributed by atoms with Crippen molar-refractivity contribution in [3.05, 3.63) is 88.7 Å². The van der Waals surface area contributed by atoms with Crippen molar-refractivity contribution < 1.29 is 22.7 Å². The lowest BCUT2D eigenvalue weighted by molar-refractivity contribution is 0.0961. The normalized spacial score (nSPS) is 11.8. The minimum Gasteiger partial charge on any atom is -0.497 e. The SMILES string of the molecule is COc1ccc(-n2nc(C(N)=O)cc2C(=O)Cn2cnc(-c3ccccc3S(=O)(=O)NC(C)(C)C)cc2=O)cc1. The van der Waals surface area contributed by atoms with Gasteiger partial charge in [-0.25, -0.2) is 22.8 Å². The lowest BCUT2D eigenvalue weighted by atomic mass is 10.1. The number of aromatic nitrogens is 4. The minimum atomic E-state index is -3.92. The molecule has 0 atom stereocenters. The third-order valence-corrected chi connectivity index (χ3v) is 7.47. The number of rotatable bonds is 9. The Morgan fingerprint density at radius 3 is 2.33 bits per heavy atom. The summed E-state index contributed by atoms with van der Waals surface area (Å²) in [7, 11) is -2.41. The van der Waals surface area contributed by atoms with Gasteiger partial charge >= 0.3 is 0 Å². The summed E-state index contributed by atoms with van der Waals surface area (Å²) >= 11 is 0. The van der Waals surface area contributed by atoms with Crippen molar-refractivity contribution in [1.29, 1.82) is 0 Å². The predicted molar refractivity (Wildman–Crippen MR) is 147 cm³/mol. The maximum Gasteiger partial charge on any atom is 0.269 e. The Hall–Kier alpha value is -4.62. The van der Waals surface area contributed by atoms with Crippen molar-refractivity contribution >= 4 is 21.7 Å². The fourth-order valence-electron chi connectivity index (χ4n) is 3.92. The first-order valence-corrected chi connectivity index (χ1v) is 13.5. The topological polar surface area (TPSA) is 168 Å². The number of amides is 1. The van der Waals surface area contributed by atoms with Gasteiger partial charge < -0.3 is 10.5 Å². The van der Waals surface area contributed by atoms with Gasteiger partial charge in [-0.3, -0.25) is 19.0 Å². The van der Waals surface area contributed by atoms with E-state index >= 15 is 0 Å². The molecule has 12 nitrogen and oxygen atoms in total. The molecule has 40 heavy (non-hydrogen) atoms. The number of carbonyl (C=O) groups excluding carboxylic acids is 2. The Morgan fingerprint density at radius 1 is 1.05 bits per heavy atom. The van der Waals surface area contributed by atoms with Crippen molar-refractivity contribution in [2.24, 2.45) is 5.73 Å². The summed E-state index contributed by atoms with van der Waals surface area (Å²) < 4.78 is 36.1. The van der Waals surface area contributed by atoms with Crippen LogP contribution in [0, 0.1) is 0 Å². The Labute approximate surface area is 230 Å². The summed E-state index contributed by atoms with van der Waals surface area (Å²) in [5.74, 6) is -0.774. The van der Waals surface area contributed by atoms with Gasteiger partial charge in [0.15, 0.2) is 5.69 Å². The van der Waals surface area contributed by atoms with Gasteiger partial charge in [-0.05, 0) is 51.1 Å². The fraction of sp³-hybridized carbons (Fsp3) is 0.222. The number of ether oxygens (including phenoxy) is 1. The first-order chi connectivity index (χ1) is 18.8. The number of hydrogen-bond donors (Lipinski definition) is 2. The second-order valence-electron chi connectivity index (χ2n) is 9.90. The molecule has 4 aromatic rings. The number of sulfonamides is 1. The molecule has 4 rings (SSSR count). The number of methoxy groups -OCH3 is 1. The van der Waals surface area contributed by atoms with Gasteiger partial charge in [0.05, 0.1) is 36.3 Å². The number of benzene rings is 2. The number of ketones is 1. The summed E-state index contributed by atoms with van der Waals surface area (Å²) in [6, 6.07) is 15.2. The molecule has 2 heterocycles. The van der Waals surface area contributed by atoms with Gasteiger partial charge in [-0.1, -0.05) is 18.2 Å². The minimum absolute atomic E-state index is 0.0274. The van der Waals surface area contributed by atoms with Crippen LogP contribution >= 0.6 is 0 Å². The molecule has 0 spiro atoms. The second-order valence-corrected chi connectivity index (χ2v) is 11.6. The Balaban J connectivity index is 1.67. The quantitative estimate of drug-likeness (QED) is 0.292. The standard InChI is InChI=1S/C27H28N6O6S/c1-27(2,3)31-40(37,38)24-8-6-5-7-19(24)20-14-25(35)32(16-29-20)15-23(34)22-13-21(26(28)36)30-33(22)17-9-11-18(39-4)12-10-17/h5-14,16,31H,15H2,1-4H3,(H2,28,36). The molecule has 0 aliphatic carbocycles. The van der Waals surface area contributed by atoms with Crippen LogP contribution in [-0.4, -0.2) is 52.1 Å². The molecule has 0 fully saturated rings. The van der Waals surface area contributed by atoms with Gasteiger partial charge in [-0.15, -0.1) is 0 Å². The van der Waals surface area contributed by atoms with Crippen molar-refractivity contribution in [2.45, 2.75) is 37.8 Å². The maximum atomic E-state index is 13.3. The van der Waals surface area contributed by atoms with Gasteiger partial charge in [0.1, 0.15) is 11.4 Å². The van der Waals surface area contributed by atoms with Crippen LogP contribution in [0.1, 0.15) is 41.7 Å². The Bertz CT molecular complexity index is 1750. The molecule has 2 aromatic heterocycles. The van der Waals surface area contributed by atoms with Crippen LogP contribution in [0.15, 0.2) is 76.7 Å². The zero-order chi connectivity index (χ0) is 29.2. The van der Waals surface area contributed by atoms with Crippen molar-refractivity contribution in [3.63, 3.8) is 0 Å². The van der Waals surface area contributed by atoms with Crippen molar-refractivity contribution in [2.75, 3.05) is 7.11 Å². The highest BCUT2D eigenvalue weighted by Gasteiger charge is 2.26. The average Bonchev–Trinajstić information content (AvgIpc) is 3.35. The lowest BCUT2D eigenvalue weighted by Gasteiger charge is -2.21. The molecule has 13 heteroatoms. The lowest BCUT2D eigenvalue weighted by Crippen LogP contribution is -2.40. The molecule has 0 aliphatic heterocycles. The van der Waals surface area contributed by atoms with Gasteiger partial charge in [0.25, 0.3) is 11.5 Å². The molecule has 0 aliphatic rings. The highest BCUT2D eigenvalue weighted by molar-refractivity contribution is 7.89. The molecule has 2 aromatic carbocycles. The van der Waals surface area contributed by atoms with E-state index in [2.05, 4.69) is 14.8 Å². The third-order valence-electron chi connectivity index (χ3n) is 5.65. The molecule has 1 amide bonds. The van der Waals surface area contributed by atoms with E-state index in [1.54, 1.807) is 63.2 Å². The van der Waals surface area contributed by atoms with E-state index in [4.69, 9.17) is 10.5 Å². The van der Waals surface area contributed by atoms with Crippen LogP contribution in [0.5, 0.6) is 5.75 Å². The molecular weight excluding hydrogens is 536 g/mol. The van der Waals surface area contributed by atoms with Crippen LogP contribution < -0.4 is 20.8 Å². The number of hydrogen-bond acceptors (Lipinski definition) is 8. The number of nitrogens with one attached hydrogen (secondary N) is 1. The van der Waals surface area contributed by atoms with E-state index in [1.807, 2.05) is 0 Å². The summed E-state index contributed by atoms with van der Waals surface area (Å²) in [5, 5.41) is 4.15. The monoisotopic (exact) mass is 564 g/mol. The number of nitrogens with zero attached hydrogens (tertiary/aromatic N) is 4. The van der Waals surface area contributed by atoms with E-state index in [9.17, 15) is 22.8 Å². The Morgan fingerprint density at radius 2 is 1.73 bits per heavy atom. The number of Topliss-reactive ketones (excluding diaryl/α,β-unsaturated/α-hetero) is 1. The molecule has 0 saturated heterocycles. The number of primary amides is 1. The van der Waals surface area contributed by atoms with Crippen LogP contribution in [0.4, 0.5) is 0 Å². The molecule has 208 valence electrons. The smallest absolute Gasteiger partial charge is 0.269 e. The van der Waals surface area contributed by atoms with E-state index < -0.39 is 39.4 Å². The predicted octanol–water partition coefficient (Wildman–Crippen LogP) is 2.16. The molecule has 0 unspecified atom stereocenters.